The van der Waals surface area contributed by atoms with Gasteiger partial charge in [0.2, 0.25) is 0 Å². The molecule has 1 amide bonds. The number of benzene rings is 1. The van der Waals surface area contributed by atoms with Gasteiger partial charge in [0.1, 0.15) is 23.4 Å². The molecule has 1 aromatic rings. The molecule has 25 heavy (non-hydrogen) atoms. The van der Waals surface area contributed by atoms with Gasteiger partial charge in [0.05, 0.1) is 20.8 Å². The molecule has 0 aliphatic rings. The molecule has 0 unspecified atom stereocenters. The molecule has 6 nitrogen and oxygen atoms in total. The van der Waals surface area contributed by atoms with E-state index in [0.717, 1.165) is 24.7 Å². The maximum Gasteiger partial charge on any atom is 0.410 e. The van der Waals surface area contributed by atoms with E-state index < -0.39 is 5.60 Å². The Labute approximate surface area is 150 Å². The van der Waals surface area contributed by atoms with E-state index in [9.17, 15) is 9.59 Å². The van der Waals surface area contributed by atoms with Crippen LogP contribution in [0.2, 0.25) is 0 Å². The highest BCUT2D eigenvalue weighted by molar-refractivity contribution is 5.68. The van der Waals surface area contributed by atoms with Gasteiger partial charge in [-0.3, -0.25) is 0 Å². The lowest BCUT2D eigenvalue weighted by atomic mass is 10.1. The standard InChI is InChI=1S/C19H29NO5/c1-19(2,3)25-18(22)20(11-7-6-8-12-21)14-15-9-10-16(23-4)13-17(15)24-5/h9-10,12-13H,6-8,11,14H2,1-5H3. The fraction of sp³-hybridized carbons (Fsp3) is 0.579. The number of hydrogen-bond donors (Lipinski definition) is 0. The molecule has 0 saturated carbocycles. The summed E-state index contributed by atoms with van der Waals surface area (Å²) in [5.74, 6) is 1.34. The van der Waals surface area contributed by atoms with E-state index in [2.05, 4.69) is 0 Å². The lowest BCUT2D eigenvalue weighted by Gasteiger charge is -2.28. The topological polar surface area (TPSA) is 65.1 Å². The normalized spacial score (nSPS) is 10.9. The van der Waals surface area contributed by atoms with Gasteiger partial charge in [0, 0.05) is 24.6 Å². The summed E-state index contributed by atoms with van der Waals surface area (Å²) < 4.78 is 16.1. The number of amides is 1. The first kappa shape index (κ1) is 20.8. The van der Waals surface area contributed by atoms with Crippen LogP contribution in [0.5, 0.6) is 11.5 Å². The van der Waals surface area contributed by atoms with Crippen molar-refractivity contribution in [1.29, 1.82) is 0 Å². The average molecular weight is 351 g/mol. The average Bonchev–Trinajstić information content (AvgIpc) is 2.56. The molecule has 1 aromatic carbocycles. The van der Waals surface area contributed by atoms with Crippen LogP contribution in [0.15, 0.2) is 18.2 Å². The second kappa shape index (κ2) is 9.91. The highest BCUT2D eigenvalue weighted by Crippen LogP contribution is 2.26. The van der Waals surface area contributed by atoms with Gasteiger partial charge in [0.25, 0.3) is 0 Å². The van der Waals surface area contributed by atoms with Crippen LogP contribution in [0.4, 0.5) is 4.79 Å². The van der Waals surface area contributed by atoms with Crippen LogP contribution >= 0.6 is 0 Å². The Morgan fingerprint density at radius 3 is 2.44 bits per heavy atom. The minimum Gasteiger partial charge on any atom is -0.497 e. The molecule has 0 atom stereocenters. The molecule has 140 valence electrons. The van der Waals surface area contributed by atoms with Crippen molar-refractivity contribution in [2.45, 2.75) is 52.2 Å². The number of carbonyl (C=O) groups excluding carboxylic acids is 2. The molecule has 0 heterocycles. The van der Waals surface area contributed by atoms with Crippen molar-refractivity contribution in [3.8, 4) is 11.5 Å². The second-order valence-electron chi connectivity index (χ2n) is 6.74. The third-order valence-electron chi connectivity index (χ3n) is 3.51. The Kier molecular flexibility index (Phi) is 8.25. The Hall–Kier alpha value is -2.24. The zero-order valence-corrected chi connectivity index (χ0v) is 15.8. The highest BCUT2D eigenvalue weighted by atomic mass is 16.6. The van der Waals surface area contributed by atoms with E-state index >= 15 is 0 Å². The summed E-state index contributed by atoms with van der Waals surface area (Å²) in [4.78, 5) is 24.6. The zero-order valence-electron chi connectivity index (χ0n) is 15.8. The quantitative estimate of drug-likeness (QED) is 0.500. The summed E-state index contributed by atoms with van der Waals surface area (Å²) in [5.41, 5.74) is 0.298. The first-order chi connectivity index (χ1) is 11.8. The van der Waals surface area contributed by atoms with E-state index in [1.165, 1.54) is 0 Å². The minimum absolute atomic E-state index is 0.364. The monoisotopic (exact) mass is 351 g/mol. The van der Waals surface area contributed by atoms with Crippen molar-refractivity contribution < 1.29 is 23.8 Å². The molecular formula is C19H29NO5. The summed E-state index contributed by atoms with van der Waals surface area (Å²) in [6.45, 7) is 6.39. The lowest BCUT2D eigenvalue weighted by molar-refractivity contribution is -0.107. The molecule has 0 aromatic heterocycles. The summed E-state index contributed by atoms with van der Waals surface area (Å²) in [6, 6.07) is 5.49. The summed E-state index contributed by atoms with van der Waals surface area (Å²) in [6.07, 6.45) is 2.48. The number of carbonyl (C=O) groups is 2. The van der Waals surface area contributed by atoms with Gasteiger partial charge < -0.3 is 23.9 Å². The third kappa shape index (κ3) is 7.45. The van der Waals surface area contributed by atoms with E-state index in [-0.39, 0.29) is 6.09 Å². The van der Waals surface area contributed by atoms with Crippen LogP contribution in [0.25, 0.3) is 0 Å². The lowest BCUT2D eigenvalue weighted by Crippen LogP contribution is -2.37. The maximum absolute atomic E-state index is 12.5. The van der Waals surface area contributed by atoms with Crippen LogP contribution in [0, 0.1) is 0 Å². The largest absolute Gasteiger partial charge is 0.497 e. The Bertz CT molecular complexity index is 565. The van der Waals surface area contributed by atoms with E-state index in [1.807, 2.05) is 32.9 Å². The first-order valence-corrected chi connectivity index (χ1v) is 8.43. The predicted molar refractivity (Wildman–Crippen MR) is 96.1 cm³/mol. The van der Waals surface area contributed by atoms with Crippen LogP contribution < -0.4 is 9.47 Å². The minimum atomic E-state index is -0.567. The maximum atomic E-state index is 12.5. The van der Waals surface area contributed by atoms with Gasteiger partial charge in [0.15, 0.2) is 0 Å². The van der Waals surface area contributed by atoms with Crippen molar-refractivity contribution >= 4 is 12.4 Å². The molecule has 0 radical (unpaired) electrons. The van der Waals surface area contributed by atoms with Crippen molar-refractivity contribution in [3.63, 3.8) is 0 Å². The number of aldehydes is 1. The van der Waals surface area contributed by atoms with Crippen molar-refractivity contribution in [2.24, 2.45) is 0 Å². The van der Waals surface area contributed by atoms with Gasteiger partial charge in [-0.15, -0.1) is 0 Å². The van der Waals surface area contributed by atoms with Gasteiger partial charge >= 0.3 is 6.09 Å². The predicted octanol–water partition coefficient (Wildman–Crippen LogP) is 3.81. The summed E-state index contributed by atoms with van der Waals surface area (Å²) in [7, 11) is 3.18. The van der Waals surface area contributed by atoms with E-state index in [0.29, 0.717) is 31.0 Å². The molecular weight excluding hydrogens is 322 g/mol. The molecule has 0 fully saturated rings. The third-order valence-corrected chi connectivity index (χ3v) is 3.51. The molecule has 0 saturated heterocycles. The molecule has 0 aliphatic carbocycles. The van der Waals surface area contributed by atoms with Gasteiger partial charge in [-0.25, -0.2) is 4.79 Å². The van der Waals surface area contributed by atoms with E-state index in [1.54, 1.807) is 25.2 Å². The van der Waals surface area contributed by atoms with Crippen molar-refractivity contribution in [2.75, 3.05) is 20.8 Å². The van der Waals surface area contributed by atoms with E-state index in [4.69, 9.17) is 14.2 Å². The number of rotatable bonds is 9. The number of nitrogens with zero attached hydrogens (tertiary/aromatic N) is 1. The fourth-order valence-corrected chi connectivity index (χ4v) is 2.28. The number of methoxy groups -OCH3 is 2. The van der Waals surface area contributed by atoms with Crippen LogP contribution in [-0.4, -0.2) is 43.6 Å². The number of ether oxygens (including phenoxy) is 3. The van der Waals surface area contributed by atoms with Gasteiger partial charge in [-0.1, -0.05) is 0 Å². The smallest absolute Gasteiger partial charge is 0.410 e. The summed E-state index contributed by atoms with van der Waals surface area (Å²) in [5, 5.41) is 0. The fourth-order valence-electron chi connectivity index (χ4n) is 2.28. The summed E-state index contributed by atoms with van der Waals surface area (Å²) >= 11 is 0. The molecule has 0 N–H and O–H groups in total. The Morgan fingerprint density at radius 1 is 1.16 bits per heavy atom. The molecule has 0 spiro atoms. The molecule has 0 bridgehead atoms. The molecule has 6 heteroatoms. The Balaban J connectivity index is 2.91. The Morgan fingerprint density at radius 2 is 1.88 bits per heavy atom. The van der Waals surface area contributed by atoms with Crippen LogP contribution in [-0.2, 0) is 16.1 Å². The number of unbranched alkanes of at least 4 members (excludes halogenated alkanes) is 2. The van der Waals surface area contributed by atoms with Gasteiger partial charge in [-0.05, 0) is 45.7 Å². The zero-order chi connectivity index (χ0) is 18.9. The van der Waals surface area contributed by atoms with Crippen molar-refractivity contribution in [3.05, 3.63) is 23.8 Å². The number of hydrogen-bond acceptors (Lipinski definition) is 5. The first-order valence-electron chi connectivity index (χ1n) is 8.43. The molecule has 1 rings (SSSR count). The van der Waals surface area contributed by atoms with Crippen molar-refractivity contribution in [1.82, 2.24) is 4.90 Å². The van der Waals surface area contributed by atoms with Crippen LogP contribution in [0.1, 0.15) is 45.6 Å². The SMILES string of the molecule is COc1ccc(CN(CCCCC=O)C(=O)OC(C)(C)C)c(OC)c1. The highest BCUT2D eigenvalue weighted by Gasteiger charge is 2.23. The van der Waals surface area contributed by atoms with Gasteiger partial charge in [-0.2, -0.15) is 0 Å². The second-order valence-corrected chi connectivity index (χ2v) is 6.74. The molecule has 0 aliphatic heterocycles. The van der Waals surface area contributed by atoms with Crippen LogP contribution in [0.3, 0.4) is 0 Å².